The quantitative estimate of drug-likeness (QED) is 0.516. The Morgan fingerprint density at radius 2 is 1.67 bits per heavy atom. The molecule has 1 aliphatic heterocycles. The van der Waals surface area contributed by atoms with Crippen LogP contribution in [0.3, 0.4) is 0 Å². The molecule has 1 atom stereocenters. The second-order valence-corrected chi connectivity index (χ2v) is 9.50. The molecule has 1 fully saturated rings. The summed E-state index contributed by atoms with van der Waals surface area (Å²) < 4.78 is 2.04. The van der Waals surface area contributed by atoms with Gasteiger partial charge in [-0.3, -0.25) is 14.2 Å². The number of hydrogen-bond acceptors (Lipinski definition) is 6. The molecule has 9 heteroatoms. The molecule has 2 aromatic carbocycles. The van der Waals surface area contributed by atoms with Gasteiger partial charge in [0, 0.05) is 24.3 Å². The SMILES string of the molecule is Cc1ccc(-n2c(SC(C)C(=O)Nc3ccc(C(N)=O)cc3)nnc2N2CCCCC2)cc1. The first-order valence-electron chi connectivity index (χ1n) is 11.1. The third kappa shape index (κ3) is 5.36. The maximum Gasteiger partial charge on any atom is 0.248 e. The highest BCUT2D eigenvalue weighted by Gasteiger charge is 2.24. The fraction of sp³-hybridized carbons (Fsp3) is 0.333. The molecule has 1 aliphatic rings. The smallest absolute Gasteiger partial charge is 0.248 e. The van der Waals surface area contributed by atoms with Crippen molar-refractivity contribution in [2.75, 3.05) is 23.3 Å². The van der Waals surface area contributed by atoms with Gasteiger partial charge in [0.1, 0.15) is 0 Å². The summed E-state index contributed by atoms with van der Waals surface area (Å²) in [5, 5.41) is 12.1. The van der Waals surface area contributed by atoms with E-state index in [0.717, 1.165) is 37.6 Å². The third-order valence-electron chi connectivity index (χ3n) is 5.64. The minimum absolute atomic E-state index is 0.162. The van der Waals surface area contributed by atoms with Gasteiger partial charge < -0.3 is 16.0 Å². The number of primary amides is 1. The van der Waals surface area contributed by atoms with Crippen molar-refractivity contribution >= 4 is 35.2 Å². The normalized spacial score (nSPS) is 14.7. The molecule has 1 saturated heterocycles. The van der Waals surface area contributed by atoms with Crippen LogP contribution in [0.15, 0.2) is 53.7 Å². The largest absolute Gasteiger partial charge is 0.366 e. The number of carbonyl (C=O) groups excluding carboxylic acids is 2. The number of thioether (sulfide) groups is 1. The van der Waals surface area contributed by atoms with Crippen molar-refractivity contribution in [3.63, 3.8) is 0 Å². The van der Waals surface area contributed by atoms with Gasteiger partial charge in [0.05, 0.1) is 10.9 Å². The number of piperidine rings is 1. The first kappa shape index (κ1) is 22.8. The number of aromatic nitrogens is 3. The van der Waals surface area contributed by atoms with Gasteiger partial charge in [-0.15, -0.1) is 10.2 Å². The molecule has 0 spiro atoms. The van der Waals surface area contributed by atoms with Gasteiger partial charge in [0.25, 0.3) is 0 Å². The Balaban J connectivity index is 1.55. The highest BCUT2D eigenvalue weighted by atomic mass is 32.2. The number of carbonyl (C=O) groups is 2. The first-order valence-corrected chi connectivity index (χ1v) is 11.9. The average Bonchev–Trinajstić information content (AvgIpc) is 3.24. The van der Waals surface area contributed by atoms with Gasteiger partial charge in [-0.25, -0.2) is 0 Å². The van der Waals surface area contributed by atoms with Crippen molar-refractivity contribution in [2.24, 2.45) is 5.73 Å². The van der Waals surface area contributed by atoms with Gasteiger partial charge in [-0.05, 0) is 69.5 Å². The molecule has 3 aromatic rings. The summed E-state index contributed by atoms with van der Waals surface area (Å²) in [6.07, 6.45) is 3.50. The van der Waals surface area contributed by atoms with E-state index in [1.54, 1.807) is 24.3 Å². The van der Waals surface area contributed by atoms with E-state index >= 15 is 0 Å². The van der Waals surface area contributed by atoms with Crippen LogP contribution in [0.1, 0.15) is 42.1 Å². The first-order chi connectivity index (χ1) is 15.9. The molecule has 4 rings (SSSR count). The Morgan fingerprint density at radius 1 is 1.00 bits per heavy atom. The highest BCUT2D eigenvalue weighted by molar-refractivity contribution is 8.00. The molecule has 1 unspecified atom stereocenters. The second-order valence-electron chi connectivity index (χ2n) is 8.19. The van der Waals surface area contributed by atoms with Gasteiger partial charge in [0.2, 0.25) is 17.8 Å². The lowest BCUT2D eigenvalue weighted by molar-refractivity contribution is -0.115. The molecule has 2 amide bonds. The van der Waals surface area contributed by atoms with Crippen LogP contribution in [-0.2, 0) is 4.79 Å². The zero-order chi connectivity index (χ0) is 23.4. The van der Waals surface area contributed by atoms with E-state index in [4.69, 9.17) is 5.73 Å². The number of amides is 2. The summed E-state index contributed by atoms with van der Waals surface area (Å²) in [6.45, 7) is 5.80. The van der Waals surface area contributed by atoms with E-state index in [9.17, 15) is 9.59 Å². The molecule has 0 bridgehead atoms. The molecule has 33 heavy (non-hydrogen) atoms. The molecule has 0 aliphatic carbocycles. The zero-order valence-corrected chi connectivity index (χ0v) is 19.6. The monoisotopic (exact) mass is 464 g/mol. The van der Waals surface area contributed by atoms with Crippen molar-refractivity contribution in [3.8, 4) is 5.69 Å². The number of nitrogens with two attached hydrogens (primary N) is 1. The fourth-order valence-corrected chi connectivity index (χ4v) is 4.59. The van der Waals surface area contributed by atoms with E-state index in [-0.39, 0.29) is 5.91 Å². The fourth-order valence-electron chi connectivity index (χ4n) is 3.73. The molecule has 8 nitrogen and oxygen atoms in total. The summed E-state index contributed by atoms with van der Waals surface area (Å²) in [4.78, 5) is 26.4. The summed E-state index contributed by atoms with van der Waals surface area (Å²) in [5.74, 6) is 0.150. The third-order valence-corrected chi connectivity index (χ3v) is 6.68. The predicted octanol–water partition coefficient (Wildman–Crippen LogP) is 3.78. The van der Waals surface area contributed by atoms with E-state index in [1.807, 2.05) is 11.5 Å². The lowest BCUT2D eigenvalue weighted by atomic mass is 10.1. The van der Waals surface area contributed by atoms with Crippen molar-refractivity contribution in [2.45, 2.75) is 43.5 Å². The molecule has 1 aromatic heterocycles. The highest BCUT2D eigenvalue weighted by Crippen LogP contribution is 2.31. The molecular weight excluding hydrogens is 436 g/mol. The number of benzene rings is 2. The number of nitrogens with zero attached hydrogens (tertiary/aromatic N) is 4. The number of hydrogen-bond donors (Lipinski definition) is 2. The Morgan fingerprint density at radius 3 is 2.30 bits per heavy atom. The van der Waals surface area contributed by atoms with Crippen LogP contribution in [0.4, 0.5) is 11.6 Å². The Kier molecular flexibility index (Phi) is 6.98. The second kappa shape index (κ2) is 10.1. The molecule has 2 heterocycles. The zero-order valence-electron chi connectivity index (χ0n) is 18.8. The topological polar surface area (TPSA) is 106 Å². The van der Waals surface area contributed by atoms with Gasteiger partial charge in [-0.1, -0.05) is 29.5 Å². The minimum Gasteiger partial charge on any atom is -0.366 e. The lowest BCUT2D eigenvalue weighted by Crippen LogP contribution is -2.31. The van der Waals surface area contributed by atoms with Crippen LogP contribution in [0, 0.1) is 6.92 Å². The molecule has 0 radical (unpaired) electrons. The van der Waals surface area contributed by atoms with E-state index < -0.39 is 11.2 Å². The number of aryl methyl sites for hydroxylation is 1. The van der Waals surface area contributed by atoms with Gasteiger partial charge >= 0.3 is 0 Å². The Bertz CT molecular complexity index is 1120. The lowest BCUT2D eigenvalue weighted by Gasteiger charge is -2.28. The van der Waals surface area contributed by atoms with Crippen LogP contribution >= 0.6 is 11.8 Å². The molecule has 172 valence electrons. The average molecular weight is 465 g/mol. The van der Waals surface area contributed by atoms with Gasteiger partial charge in [-0.2, -0.15) is 0 Å². The number of anilines is 2. The maximum absolute atomic E-state index is 12.8. The van der Waals surface area contributed by atoms with Crippen LogP contribution in [0.5, 0.6) is 0 Å². The van der Waals surface area contributed by atoms with Crippen molar-refractivity contribution < 1.29 is 9.59 Å². The summed E-state index contributed by atoms with van der Waals surface area (Å²) in [7, 11) is 0. The van der Waals surface area contributed by atoms with Crippen LogP contribution in [0.2, 0.25) is 0 Å². The van der Waals surface area contributed by atoms with Crippen molar-refractivity contribution in [3.05, 3.63) is 59.7 Å². The van der Waals surface area contributed by atoms with Crippen molar-refractivity contribution in [1.29, 1.82) is 0 Å². The van der Waals surface area contributed by atoms with E-state index in [1.165, 1.54) is 23.7 Å². The molecule has 0 saturated carbocycles. The van der Waals surface area contributed by atoms with E-state index in [2.05, 4.69) is 51.6 Å². The number of rotatable bonds is 7. The van der Waals surface area contributed by atoms with Crippen LogP contribution in [-0.4, -0.2) is 44.9 Å². The van der Waals surface area contributed by atoms with Gasteiger partial charge in [0.15, 0.2) is 5.16 Å². The van der Waals surface area contributed by atoms with Crippen molar-refractivity contribution in [1.82, 2.24) is 14.8 Å². The van der Waals surface area contributed by atoms with Crippen LogP contribution in [0.25, 0.3) is 5.69 Å². The summed E-state index contributed by atoms with van der Waals surface area (Å²) >= 11 is 1.37. The maximum atomic E-state index is 12.8. The van der Waals surface area contributed by atoms with Crippen LogP contribution < -0.4 is 16.0 Å². The standard InChI is InChI=1S/C24H28N6O2S/c1-16-6-12-20(13-7-16)30-23(29-14-4-3-5-15-29)27-28-24(30)33-17(2)22(32)26-19-10-8-18(9-11-19)21(25)31/h6-13,17H,3-5,14-15H2,1-2H3,(H2,25,31)(H,26,32). The molecular formula is C24H28N6O2S. The minimum atomic E-state index is -0.503. The predicted molar refractivity (Wildman–Crippen MR) is 131 cm³/mol. The summed E-state index contributed by atoms with van der Waals surface area (Å²) in [6, 6.07) is 14.8. The van der Waals surface area contributed by atoms with E-state index in [0.29, 0.717) is 16.4 Å². The Labute approximate surface area is 197 Å². The molecule has 3 N–H and O–H groups in total. The Hall–Kier alpha value is -3.33. The number of nitrogens with one attached hydrogen (secondary N) is 1. The summed E-state index contributed by atoms with van der Waals surface area (Å²) in [5.41, 5.74) is 8.43.